The Morgan fingerprint density at radius 3 is 2.67 bits per heavy atom. The second-order valence-corrected chi connectivity index (χ2v) is 7.45. The van der Waals surface area contributed by atoms with E-state index in [1.807, 2.05) is 24.3 Å². The Labute approximate surface area is 137 Å². The molecule has 0 unspecified atom stereocenters. The average molecular weight is 340 g/mol. The van der Waals surface area contributed by atoms with Crippen LogP contribution < -0.4 is 4.74 Å². The van der Waals surface area contributed by atoms with Gasteiger partial charge in [0.05, 0.1) is 9.36 Å². The maximum Gasteiger partial charge on any atom is 0.140 e. The molecule has 0 atom stereocenters. The van der Waals surface area contributed by atoms with Crippen LogP contribution in [0.2, 0.25) is 9.36 Å². The Morgan fingerprint density at radius 1 is 1.19 bits per heavy atom. The Bertz CT molecular complexity index is 776. The van der Waals surface area contributed by atoms with Gasteiger partial charge in [-0.25, -0.2) is 0 Å². The average Bonchev–Trinajstić information content (AvgIpc) is 3.02. The number of rotatable bonds is 4. The minimum atomic E-state index is 0.453. The molecular formula is C16H15Cl2NOS. The molecule has 0 amide bonds. The number of hydrogen-bond acceptors (Lipinski definition) is 2. The smallest absolute Gasteiger partial charge is 0.140 e. The number of fused-ring (bicyclic) bond motifs is 1. The van der Waals surface area contributed by atoms with Crippen molar-refractivity contribution in [3.05, 3.63) is 50.3 Å². The van der Waals surface area contributed by atoms with Gasteiger partial charge in [0.2, 0.25) is 0 Å². The second kappa shape index (κ2) is 5.91. The van der Waals surface area contributed by atoms with Crippen LogP contribution in [0.15, 0.2) is 30.3 Å². The Hall–Kier alpha value is -1.16. The van der Waals surface area contributed by atoms with Crippen LogP contribution >= 0.6 is 34.5 Å². The summed E-state index contributed by atoms with van der Waals surface area (Å²) in [6.07, 6.45) is 0. The molecule has 2 nitrogen and oxygen atoms in total. The van der Waals surface area contributed by atoms with Gasteiger partial charge in [0.1, 0.15) is 12.4 Å². The van der Waals surface area contributed by atoms with Gasteiger partial charge in [0.25, 0.3) is 0 Å². The van der Waals surface area contributed by atoms with Gasteiger partial charge in [-0.05, 0) is 30.2 Å². The predicted molar refractivity (Wildman–Crippen MR) is 91.1 cm³/mol. The molecule has 0 bridgehead atoms. The van der Waals surface area contributed by atoms with Crippen molar-refractivity contribution >= 4 is 45.4 Å². The van der Waals surface area contributed by atoms with Crippen LogP contribution in [0.5, 0.6) is 5.75 Å². The van der Waals surface area contributed by atoms with E-state index in [1.54, 1.807) is 0 Å². The highest BCUT2D eigenvalue weighted by atomic mass is 35.5. The van der Waals surface area contributed by atoms with Crippen molar-refractivity contribution in [3.8, 4) is 5.75 Å². The predicted octanol–water partition coefficient (Wildman–Crippen LogP) is 6.24. The van der Waals surface area contributed by atoms with Crippen LogP contribution in [0.1, 0.15) is 30.3 Å². The molecule has 5 heteroatoms. The quantitative estimate of drug-likeness (QED) is 0.597. The minimum Gasteiger partial charge on any atom is -0.486 e. The lowest BCUT2D eigenvalue weighted by atomic mass is 10.1. The first-order valence-electron chi connectivity index (χ1n) is 6.72. The zero-order valence-electron chi connectivity index (χ0n) is 11.7. The van der Waals surface area contributed by atoms with E-state index in [0.29, 0.717) is 23.3 Å². The number of hydrogen-bond donors (Lipinski definition) is 1. The molecule has 2 heterocycles. The number of nitrogens with one attached hydrogen (secondary N) is 1. The van der Waals surface area contributed by atoms with E-state index in [2.05, 4.69) is 24.9 Å². The largest absolute Gasteiger partial charge is 0.486 e. The zero-order valence-corrected chi connectivity index (χ0v) is 14.1. The molecule has 21 heavy (non-hydrogen) atoms. The van der Waals surface area contributed by atoms with Gasteiger partial charge in [0.15, 0.2) is 0 Å². The SMILES string of the molecule is CC(C)c1cc2cc(Cl)c(OCc3ccc(Cl)s3)cc2[nH]1. The fourth-order valence-electron chi connectivity index (χ4n) is 2.16. The fourth-order valence-corrected chi connectivity index (χ4v) is 3.38. The number of halogens is 2. The lowest BCUT2D eigenvalue weighted by Crippen LogP contribution is -1.93. The first kappa shape index (κ1) is 14.8. The van der Waals surface area contributed by atoms with E-state index in [0.717, 1.165) is 20.1 Å². The molecule has 3 rings (SSSR count). The first-order valence-corrected chi connectivity index (χ1v) is 8.29. The molecule has 0 aliphatic carbocycles. The summed E-state index contributed by atoms with van der Waals surface area (Å²) in [6, 6.07) is 9.87. The summed E-state index contributed by atoms with van der Waals surface area (Å²) in [7, 11) is 0. The molecule has 0 spiro atoms. The second-order valence-electron chi connectivity index (χ2n) is 5.24. The highest BCUT2D eigenvalue weighted by Gasteiger charge is 2.10. The minimum absolute atomic E-state index is 0.453. The van der Waals surface area contributed by atoms with Crippen molar-refractivity contribution in [1.29, 1.82) is 0 Å². The molecule has 0 saturated carbocycles. The number of ether oxygens (including phenoxy) is 1. The molecule has 0 aliphatic heterocycles. The highest BCUT2D eigenvalue weighted by Crippen LogP contribution is 2.33. The third-order valence-corrected chi connectivity index (χ3v) is 4.81. The molecule has 0 aliphatic rings. The van der Waals surface area contributed by atoms with E-state index < -0.39 is 0 Å². The number of aromatic nitrogens is 1. The number of benzene rings is 1. The summed E-state index contributed by atoms with van der Waals surface area (Å²) in [4.78, 5) is 4.48. The van der Waals surface area contributed by atoms with Gasteiger partial charge in [-0.1, -0.05) is 37.0 Å². The van der Waals surface area contributed by atoms with E-state index in [1.165, 1.54) is 17.0 Å². The van der Waals surface area contributed by atoms with Crippen LogP contribution in [0.3, 0.4) is 0 Å². The molecule has 0 radical (unpaired) electrons. The van der Waals surface area contributed by atoms with Crippen LogP contribution in [0, 0.1) is 0 Å². The summed E-state index contributed by atoms with van der Waals surface area (Å²) in [5.74, 6) is 1.14. The topological polar surface area (TPSA) is 25.0 Å². The molecule has 1 N–H and O–H groups in total. The summed E-state index contributed by atoms with van der Waals surface area (Å²) in [5.41, 5.74) is 2.24. The van der Waals surface area contributed by atoms with Crippen molar-refractivity contribution < 1.29 is 4.74 Å². The third kappa shape index (κ3) is 3.20. The van der Waals surface area contributed by atoms with Gasteiger partial charge in [0, 0.05) is 27.5 Å². The Kier molecular flexibility index (Phi) is 4.16. The number of thiophene rings is 1. The van der Waals surface area contributed by atoms with Crippen LogP contribution in [0.25, 0.3) is 10.9 Å². The van der Waals surface area contributed by atoms with Gasteiger partial charge >= 0.3 is 0 Å². The molecule has 110 valence electrons. The van der Waals surface area contributed by atoms with Crippen molar-refractivity contribution in [2.75, 3.05) is 0 Å². The van der Waals surface area contributed by atoms with Crippen molar-refractivity contribution in [2.45, 2.75) is 26.4 Å². The van der Waals surface area contributed by atoms with Crippen molar-refractivity contribution in [1.82, 2.24) is 4.98 Å². The number of aromatic amines is 1. The lowest BCUT2D eigenvalue weighted by Gasteiger charge is -2.07. The summed E-state index contributed by atoms with van der Waals surface area (Å²) in [6.45, 7) is 4.79. The summed E-state index contributed by atoms with van der Waals surface area (Å²) in [5, 5.41) is 1.73. The zero-order chi connectivity index (χ0) is 15.0. The van der Waals surface area contributed by atoms with E-state index in [-0.39, 0.29) is 0 Å². The van der Waals surface area contributed by atoms with E-state index in [9.17, 15) is 0 Å². The summed E-state index contributed by atoms with van der Waals surface area (Å²) < 4.78 is 6.58. The molecule has 2 aromatic heterocycles. The fraction of sp³-hybridized carbons (Fsp3) is 0.250. The lowest BCUT2D eigenvalue weighted by molar-refractivity contribution is 0.310. The molecule has 1 aromatic carbocycles. The summed E-state index contributed by atoms with van der Waals surface area (Å²) >= 11 is 13.7. The number of H-pyrrole nitrogens is 1. The van der Waals surface area contributed by atoms with Gasteiger partial charge in [-0.2, -0.15) is 0 Å². The van der Waals surface area contributed by atoms with E-state index in [4.69, 9.17) is 27.9 Å². The molecule has 0 saturated heterocycles. The van der Waals surface area contributed by atoms with Crippen molar-refractivity contribution in [2.24, 2.45) is 0 Å². The maximum atomic E-state index is 6.30. The van der Waals surface area contributed by atoms with Crippen LogP contribution in [0.4, 0.5) is 0 Å². The molecule has 3 aromatic rings. The first-order chi connectivity index (χ1) is 10.0. The van der Waals surface area contributed by atoms with E-state index >= 15 is 0 Å². The maximum absolute atomic E-state index is 6.30. The Morgan fingerprint density at radius 2 is 2.00 bits per heavy atom. The van der Waals surface area contributed by atoms with Gasteiger partial charge in [-0.15, -0.1) is 11.3 Å². The third-order valence-electron chi connectivity index (χ3n) is 3.31. The normalized spacial score (nSPS) is 11.5. The monoisotopic (exact) mass is 339 g/mol. The molecule has 0 fully saturated rings. The van der Waals surface area contributed by atoms with Crippen LogP contribution in [-0.4, -0.2) is 4.98 Å². The van der Waals surface area contributed by atoms with Gasteiger partial charge < -0.3 is 9.72 Å². The molecular weight excluding hydrogens is 325 g/mol. The highest BCUT2D eigenvalue weighted by molar-refractivity contribution is 7.16. The standard InChI is InChI=1S/C16H15Cl2NOS/c1-9(2)13-6-10-5-12(17)15(7-14(10)19-13)20-8-11-3-4-16(18)21-11/h3-7,9,19H,8H2,1-2H3. The van der Waals surface area contributed by atoms with Crippen LogP contribution in [-0.2, 0) is 6.61 Å². The Balaban J connectivity index is 1.86. The van der Waals surface area contributed by atoms with Gasteiger partial charge in [-0.3, -0.25) is 0 Å². The van der Waals surface area contributed by atoms with Crippen molar-refractivity contribution in [3.63, 3.8) is 0 Å².